The van der Waals surface area contributed by atoms with Gasteiger partial charge in [-0.15, -0.1) is 0 Å². The topological polar surface area (TPSA) is 47.7 Å². The van der Waals surface area contributed by atoms with Crippen molar-refractivity contribution in [3.8, 4) is 11.5 Å². The molecule has 4 heteroatoms. The number of benzene rings is 1. The molecule has 0 aliphatic rings. The molecule has 0 aliphatic heterocycles. The van der Waals surface area contributed by atoms with Crippen molar-refractivity contribution < 1.29 is 9.47 Å². The van der Waals surface area contributed by atoms with Gasteiger partial charge in [-0.3, -0.25) is 0 Å². The van der Waals surface area contributed by atoms with E-state index in [0.717, 1.165) is 24.5 Å². The normalized spacial score (nSPS) is 12.6. The van der Waals surface area contributed by atoms with Gasteiger partial charge in [0.2, 0.25) is 0 Å². The molecule has 1 atom stereocenters. The highest BCUT2D eigenvalue weighted by atomic mass is 16.5. The van der Waals surface area contributed by atoms with Crippen molar-refractivity contribution in [1.82, 2.24) is 4.90 Å². The van der Waals surface area contributed by atoms with Gasteiger partial charge in [0.05, 0.1) is 14.2 Å². The van der Waals surface area contributed by atoms with Crippen molar-refractivity contribution in [3.05, 3.63) is 23.8 Å². The zero-order valence-electron chi connectivity index (χ0n) is 11.8. The van der Waals surface area contributed by atoms with Gasteiger partial charge in [0, 0.05) is 0 Å². The standard InChI is InChI=1S/C14H24N2O2/c1-16(2)8-7-12(10-15)11-5-6-13(17-3)14(9-11)18-4/h5-6,9,12H,7-8,10,15H2,1-4H3. The molecule has 1 aromatic carbocycles. The summed E-state index contributed by atoms with van der Waals surface area (Å²) in [6.07, 6.45) is 1.04. The van der Waals surface area contributed by atoms with Gasteiger partial charge in [0.1, 0.15) is 0 Å². The third kappa shape index (κ3) is 3.89. The van der Waals surface area contributed by atoms with E-state index < -0.39 is 0 Å². The van der Waals surface area contributed by atoms with Crippen LogP contribution < -0.4 is 15.2 Å². The summed E-state index contributed by atoms with van der Waals surface area (Å²) in [5.41, 5.74) is 7.07. The maximum Gasteiger partial charge on any atom is 0.160 e. The molecule has 0 radical (unpaired) electrons. The van der Waals surface area contributed by atoms with E-state index in [9.17, 15) is 0 Å². The molecular weight excluding hydrogens is 228 g/mol. The summed E-state index contributed by atoms with van der Waals surface area (Å²) in [5.74, 6) is 1.87. The maximum atomic E-state index is 5.86. The quantitative estimate of drug-likeness (QED) is 0.802. The predicted molar refractivity (Wildman–Crippen MR) is 74.5 cm³/mol. The minimum Gasteiger partial charge on any atom is -0.493 e. The van der Waals surface area contributed by atoms with E-state index in [1.54, 1.807) is 14.2 Å². The molecule has 1 unspecified atom stereocenters. The van der Waals surface area contributed by atoms with Crippen molar-refractivity contribution >= 4 is 0 Å². The molecular formula is C14H24N2O2. The molecule has 0 heterocycles. The summed E-state index contributed by atoms with van der Waals surface area (Å²) in [7, 11) is 7.44. The van der Waals surface area contributed by atoms with Crippen LogP contribution in [0.2, 0.25) is 0 Å². The number of nitrogens with two attached hydrogens (primary N) is 1. The molecule has 4 nitrogen and oxygen atoms in total. The second-order valence-electron chi connectivity index (χ2n) is 4.64. The SMILES string of the molecule is COc1ccc(C(CN)CCN(C)C)cc1OC. The Hall–Kier alpha value is -1.26. The summed E-state index contributed by atoms with van der Waals surface area (Å²) in [6, 6.07) is 6.02. The molecule has 0 bridgehead atoms. The number of ether oxygens (including phenoxy) is 2. The lowest BCUT2D eigenvalue weighted by Gasteiger charge is -2.19. The Bertz CT molecular complexity index is 367. The van der Waals surface area contributed by atoms with Crippen LogP contribution >= 0.6 is 0 Å². The molecule has 0 fully saturated rings. The minimum atomic E-state index is 0.354. The zero-order valence-corrected chi connectivity index (χ0v) is 11.8. The Morgan fingerprint density at radius 2 is 1.83 bits per heavy atom. The number of hydrogen-bond acceptors (Lipinski definition) is 4. The smallest absolute Gasteiger partial charge is 0.160 e. The summed E-state index contributed by atoms with van der Waals surface area (Å²) in [4.78, 5) is 2.17. The largest absolute Gasteiger partial charge is 0.493 e. The second-order valence-corrected chi connectivity index (χ2v) is 4.64. The van der Waals surface area contributed by atoms with Crippen molar-refractivity contribution in [2.45, 2.75) is 12.3 Å². The zero-order chi connectivity index (χ0) is 13.5. The monoisotopic (exact) mass is 252 g/mol. The Kier molecular flexibility index (Phi) is 5.95. The Morgan fingerprint density at radius 1 is 1.17 bits per heavy atom. The van der Waals surface area contributed by atoms with Crippen LogP contribution in [0.1, 0.15) is 17.9 Å². The summed E-state index contributed by atoms with van der Waals surface area (Å²) >= 11 is 0. The molecule has 18 heavy (non-hydrogen) atoms. The highest BCUT2D eigenvalue weighted by Gasteiger charge is 2.13. The first-order valence-corrected chi connectivity index (χ1v) is 6.19. The number of hydrogen-bond donors (Lipinski definition) is 1. The molecule has 1 aromatic rings. The second kappa shape index (κ2) is 7.24. The first kappa shape index (κ1) is 14.8. The molecule has 0 saturated heterocycles. The van der Waals surface area contributed by atoms with Crippen LogP contribution in [0.15, 0.2) is 18.2 Å². The predicted octanol–water partition coefficient (Wildman–Crippen LogP) is 1.70. The fourth-order valence-corrected chi connectivity index (χ4v) is 1.94. The highest BCUT2D eigenvalue weighted by Crippen LogP contribution is 2.31. The van der Waals surface area contributed by atoms with E-state index in [0.29, 0.717) is 12.5 Å². The van der Waals surface area contributed by atoms with Gasteiger partial charge < -0.3 is 20.1 Å². The summed E-state index contributed by atoms with van der Waals surface area (Å²) in [5, 5.41) is 0. The maximum absolute atomic E-state index is 5.86. The van der Waals surface area contributed by atoms with Crippen LogP contribution in [0.5, 0.6) is 11.5 Å². The fraction of sp³-hybridized carbons (Fsp3) is 0.571. The molecule has 0 aromatic heterocycles. The lowest BCUT2D eigenvalue weighted by Crippen LogP contribution is -2.20. The van der Waals surface area contributed by atoms with Crippen molar-refractivity contribution in [1.29, 1.82) is 0 Å². The Labute approximate surface area is 110 Å². The van der Waals surface area contributed by atoms with Crippen LogP contribution in [0.4, 0.5) is 0 Å². The first-order chi connectivity index (χ1) is 8.62. The van der Waals surface area contributed by atoms with Crippen molar-refractivity contribution in [2.24, 2.45) is 5.73 Å². The van der Waals surface area contributed by atoms with E-state index in [1.807, 2.05) is 12.1 Å². The van der Waals surface area contributed by atoms with Crippen LogP contribution in [0.25, 0.3) is 0 Å². The molecule has 2 N–H and O–H groups in total. The Morgan fingerprint density at radius 3 is 2.33 bits per heavy atom. The molecule has 0 spiro atoms. The molecule has 0 saturated carbocycles. The molecule has 102 valence electrons. The van der Waals surface area contributed by atoms with Crippen molar-refractivity contribution in [2.75, 3.05) is 41.4 Å². The third-order valence-electron chi connectivity index (χ3n) is 3.09. The van der Waals surface area contributed by atoms with Crippen LogP contribution in [0.3, 0.4) is 0 Å². The van der Waals surface area contributed by atoms with Gasteiger partial charge in [-0.25, -0.2) is 0 Å². The van der Waals surface area contributed by atoms with Gasteiger partial charge in [-0.05, 0) is 57.2 Å². The minimum absolute atomic E-state index is 0.354. The molecule has 1 rings (SSSR count). The van der Waals surface area contributed by atoms with Gasteiger partial charge in [-0.1, -0.05) is 6.07 Å². The van der Waals surface area contributed by atoms with Crippen LogP contribution in [-0.2, 0) is 0 Å². The fourth-order valence-electron chi connectivity index (χ4n) is 1.94. The number of methoxy groups -OCH3 is 2. The lowest BCUT2D eigenvalue weighted by atomic mass is 9.95. The molecule has 0 aliphatic carbocycles. The molecule has 0 amide bonds. The third-order valence-corrected chi connectivity index (χ3v) is 3.09. The summed E-state index contributed by atoms with van der Waals surface area (Å²) < 4.78 is 10.6. The number of rotatable bonds is 7. The van der Waals surface area contributed by atoms with E-state index in [4.69, 9.17) is 15.2 Å². The summed E-state index contributed by atoms with van der Waals surface area (Å²) in [6.45, 7) is 1.67. The van der Waals surface area contributed by atoms with Crippen molar-refractivity contribution in [3.63, 3.8) is 0 Å². The van der Waals surface area contributed by atoms with E-state index in [1.165, 1.54) is 5.56 Å². The average molecular weight is 252 g/mol. The average Bonchev–Trinajstić information content (AvgIpc) is 2.38. The van der Waals surface area contributed by atoms with E-state index >= 15 is 0 Å². The first-order valence-electron chi connectivity index (χ1n) is 6.19. The highest BCUT2D eigenvalue weighted by molar-refractivity contribution is 5.44. The van der Waals surface area contributed by atoms with Crippen LogP contribution in [-0.4, -0.2) is 46.3 Å². The van der Waals surface area contributed by atoms with E-state index in [2.05, 4.69) is 25.1 Å². The Balaban J connectivity index is 2.85. The van der Waals surface area contributed by atoms with Crippen LogP contribution in [0, 0.1) is 0 Å². The van der Waals surface area contributed by atoms with Gasteiger partial charge in [-0.2, -0.15) is 0 Å². The number of nitrogens with zero attached hydrogens (tertiary/aromatic N) is 1. The van der Waals surface area contributed by atoms with Gasteiger partial charge in [0.15, 0.2) is 11.5 Å². The van der Waals surface area contributed by atoms with Gasteiger partial charge >= 0.3 is 0 Å². The van der Waals surface area contributed by atoms with Gasteiger partial charge in [0.25, 0.3) is 0 Å². The van der Waals surface area contributed by atoms with E-state index in [-0.39, 0.29) is 0 Å². The lowest BCUT2D eigenvalue weighted by molar-refractivity contribution is 0.353.